The molecule has 0 atom stereocenters. The summed E-state index contributed by atoms with van der Waals surface area (Å²) >= 11 is 7.44. The predicted molar refractivity (Wildman–Crippen MR) is 356 cm³/mol. The highest BCUT2D eigenvalue weighted by Crippen LogP contribution is 2.54. The predicted octanol–water partition coefficient (Wildman–Crippen LogP) is 19.3. The molecule has 17 rings (SSSR count). The van der Waals surface area contributed by atoms with Crippen LogP contribution in [0.15, 0.2) is 303 Å². The maximum Gasteiger partial charge on any atom is 0.252 e. The smallest absolute Gasteiger partial charge is 0.252 e. The van der Waals surface area contributed by atoms with Gasteiger partial charge >= 0.3 is 0 Å². The van der Waals surface area contributed by atoms with Crippen LogP contribution in [0.4, 0.5) is 34.1 Å². The first-order valence-electron chi connectivity index (χ1n) is 28.8. The van der Waals surface area contributed by atoms with Crippen molar-refractivity contribution in [3.05, 3.63) is 308 Å². The summed E-state index contributed by atoms with van der Waals surface area (Å²) in [6, 6.07) is 112. The van der Waals surface area contributed by atoms with E-state index in [1.54, 1.807) is 0 Å². The van der Waals surface area contributed by atoms with Crippen LogP contribution in [0.1, 0.15) is 0 Å². The monoisotopic (exact) mass is 1090 g/mol. The van der Waals surface area contributed by atoms with E-state index < -0.39 is 0 Å². The van der Waals surface area contributed by atoms with Gasteiger partial charge in [0.15, 0.2) is 0 Å². The molecule has 0 unspecified atom stereocenters. The Hall–Kier alpha value is -10.6. The maximum atomic E-state index is 7.44. The van der Waals surface area contributed by atoms with E-state index in [-0.39, 0.29) is 6.71 Å². The third-order valence-corrected chi connectivity index (χ3v) is 17.8. The topological polar surface area (TPSA) is 16.3 Å². The van der Waals surface area contributed by atoms with E-state index in [2.05, 4.69) is 322 Å². The summed E-state index contributed by atoms with van der Waals surface area (Å²) in [4.78, 5) is 5.21. The highest BCUT2D eigenvalue weighted by atomic mass is 35.5. The van der Waals surface area contributed by atoms with Gasteiger partial charge < -0.3 is 18.9 Å². The van der Waals surface area contributed by atoms with Crippen LogP contribution in [0.5, 0.6) is 0 Å². The number of hydrogen-bond acceptors (Lipinski definition) is 2. The third kappa shape index (κ3) is 7.36. The second-order valence-electron chi connectivity index (χ2n) is 22.1. The SMILES string of the molecule is Clc1ccc2c(c1)N(c1c(-c3ccccc3)cccc1-c1ccccc1)c1cc(-n3c4ccccc4c4ccccc43)cc3c1B2c1ccc(-n2c4ccccc4c4ccccc42)cc1N3c1c(-c2ccccc2)cccc1-c1ccccc1. The van der Waals surface area contributed by atoms with Crippen LogP contribution < -0.4 is 26.2 Å². The second-order valence-corrected chi connectivity index (χ2v) is 22.5. The Morgan fingerprint density at radius 1 is 0.262 bits per heavy atom. The number of hydrogen-bond donors (Lipinski definition) is 0. The summed E-state index contributed by atoms with van der Waals surface area (Å²) in [5.41, 5.74) is 25.7. The van der Waals surface area contributed by atoms with Gasteiger partial charge in [0.1, 0.15) is 0 Å². The zero-order chi connectivity index (χ0) is 55.4. The number of nitrogens with zero attached hydrogens (tertiary/aromatic N) is 4. The molecule has 0 aliphatic carbocycles. The molecule has 0 spiro atoms. The van der Waals surface area contributed by atoms with E-state index >= 15 is 0 Å². The summed E-state index contributed by atoms with van der Waals surface area (Å²) in [5.74, 6) is 0. The van der Waals surface area contributed by atoms with Gasteiger partial charge in [-0.25, -0.2) is 0 Å². The second kappa shape index (κ2) is 19.3. The molecule has 4 heterocycles. The Labute approximate surface area is 492 Å². The van der Waals surface area contributed by atoms with E-state index in [4.69, 9.17) is 11.6 Å². The molecule has 15 aromatic rings. The van der Waals surface area contributed by atoms with E-state index in [0.29, 0.717) is 5.02 Å². The molecule has 0 saturated carbocycles. The summed E-state index contributed by atoms with van der Waals surface area (Å²) < 4.78 is 4.95. The third-order valence-electron chi connectivity index (χ3n) is 17.5. The largest absolute Gasteiger partial charge is 0.310 e. The molecule has 2 aliphatic rings. The Kier molecular flexibility index (Phi) is 11.1. The van der Waals surface area contributed by atoms with Crippen molar-refractivity contribution >= 4 is 112 Å². The van der Waals surface area contributed by atoms with Gasteiger partial charge in [0, 0.05) is 77.3 Å². The quantitative estimate of drug-likeness (QED) is 0.141. The molecule has 84 heavy (non-hydrogen) atoms. The van der Waals surface area contributed by atoms with Crippen LogP contribution in [0, 0.1) is 0 Å². The lowest BCUT2D eigenvalue weighted by Gasteiger charge is -2.46. The van der Waals surface area contributed by atoms with Crippen LogP contribution in [0.3, 0.4) is 0 Å². The van der Waals surface area contributed by atoms with Gasteiger partial charge in [0.2, 0.25) is 0 Å². The molecule has 2 aromatic heterocycles. The van der Waals surface area contributed by atoms with Gasteiger partial charge in [-0.1, -0.05) is 254 Å². The molecule has 0 bridgehead atoms. The fourth-order valence-corrected chi connectivity index (χ4v) is 14.2. The van der Waals surface area contributed by atoms with Gasteiger partial charge in [-0.15, -0.1) is 0 Å². The fourth-order valence-electron chi connectivity index (χ4n) is 14.1. The molecule has 0 radical (unpaired) electrons. The Morgan fingerprint density at radius 2 is 0.583 bits per heavy atom. The number of benzene rings is 13. The van der Waals surface area contributed by atoms with Crippen molar-refractivity contribution in [3.63, 3.8) is 0 Å². The van der Waals surface area contributed by atoms with Crippen molar-refractivity contribution in [2.24, 2.45) is 0 Å². The zero-order valence-corrected chi connectivity index (χ0v) is 46.4. The zero-order valence-electron chi connectivity index (χ0n) is 45.6. The number of aromatic nitrogens is 2. The lowest BCUT2D eigenvalue weighted by molar-refractivity contribution is 1.15. The molecule has 392 valence electrons. The average molecular weight is 1090 g/mol. The van der Waals surface area contributed by atoms with Crippen molar-refractivity contribution in [3.8, 4) is 55.9 Å². The lowest BCUT2D eigenvalue weighted by atomic mass is 9.33. The van der Waals surface area contributed by atoms with Crippen LogP contribution >= 0.6 is 11.6 Å². The van der Waals surface area contributed by atoms with E-state index in [1.165, 1.54) is 37.9 Å². The van der Waals surface area contributed by atoms with E-state index in [9.17, 15) is 0 Å². The molecule has 0 saturated heterocycles. The molecule has 2 aliphatic heterocycles. The molecule has 6 heteroatoms. The van der Waals surface area contributed by atoms with Crippen molar-refractivity contribution < 1.29 is 0 Å². The number of rotatable bonds is 8. The number of fused-ring (bicyclic) bond motifs is 10. The van der Waals surface area contributed by atoms with Crippen molar-refractivity contribution in [2.45, 2.75) is 0 Å². The lowest BCUT2D eigenvalue weighted by Crippen LogP contribution is -2.61. The Morgan fingerprint density at radius 3 is 0.976 bits per heavy atom. The fraction of sp³-hybridized carbons (Fsp3) is 0. The molecule has 0 fully saturated rings. The van der Waals surface area contributed by atoms with Gasteiger partial charge in [-0.2, -0.15) is 0 Å². The van der Waals surface area contributed by atoms with Crippen molar-refractivity contribution in [1.29, 1.82) is 0 Å². The first-order valence-corrected chi connectivity index (χ1v) is 29.2. The van der Waals surface area contributed by atoms with Crippen LogP contribution in [0.2, 0.25) is 5.02 Å². The van der Waals surface area contributed by atoms with Crippen LogP contribution in [0.25, 0.3) is 99.5 Å². The van der Waals surface area contributed by atoms with Gasteiger partial charge in [-0.05, 0) is 99.3 Å². The molecular formula is C78H50BClN4. The van der Waals surface area contributed by atoms with Crippen molar-refractivity contribution in [2.75, 3.05) is 9.80 Å². The highest BCUT2D eigenvalue weighted by molar-refractivity contribution is 7.00. The minimum Gasteiger partial charge on any atom is -0.310 e. The minimum absolute atomic E-state index is 0.225. The van der Waals surface area contributed by atoms with Gasteiger partial charge in [-0.3, -0.25) is 0 Å². The number of anilines is 6. The highest BCUT2D eigenvalue weighted by Gasteiger charge is 2.46. The number of halogens is 1. The van der Waals surface area contributed by atoms with E-state index in [1.807, 2.05) is 0 Å². The standard InChI is InChI=1S/C78H50BClN4/c80-55-43-45-66-72(47-55)83(77-58(51-23-5-1-6-24-51)35-21-36-59(77)52-25-7-2-8-26-52)74-49-57(82-70-41-19-15-33-64(70)65-34-16-20-42-71(65)82)50-75-76(74)79(66)67-46-44-56(81-68-39-17-13-31-62(68)63-32-14-18-40-69(63)81)48-73(67)84(75)78-60(53-27-9-3-10-28-53)37-22-38-61(78)54-29-11-4-12-30-54/h1-50H. The first kappa shape index (κ1) is 48.2. The van der Waals surface area contributed by atoms with Crippen LogP contribution in [-0.4, -0.2) is 15.8 Å². The molecule has 13 aromatic carbocycles. The van der Waals surface area contributed by atoms with Gasteiger partial charge in [0.05, 0.1) is 39.1 Å². The van der Waals surface area contributed by atoms with Gasteiger partial charge in [0.25, 0.3) is 6.71 Å². The number of para-hydroxylation sites is 6. The summed E-state index contributed by atoms with van der Waals surface area (Å²) in [6.07, 6.45) is 0. The molecule has 4 nitrogen and oxygen atoms in total. The average Bonchev–Trinajstić information content (AvgIpc) is 1.74. The molecule has 0 amide bonds. The minimum atomic E-state index is -0.225. The molecular weight excluding hydrogens is 1040 g/mol. The molecule has 0 N–H and O–H groups in total. The normalized spacial score (nSPS) is 12.5. The maximum absolute atomic E-state index is 7.44. The summed E-state index contributed by atoms with van der Waals surface area (Å²) in [5, 5.41) is 5.51. The Balaban J connectivity index is 1.07. The summed E-state index contributed by atoms with van der Waals surface area (Å²) in [7, 11) is 0. The van der Waals surface area contributed by atoms with E-state index in [0.717, 1.165) is 112 Å². The van der Waals surface area contributed by atoms with Crippen molar-refractivity contribution in [1.82, 2.24) is 9.13 Å². The van der Waals surface area contributed by atoms with Crippen LogP contribution in [-0.2, 0) is 0 Å². The summed E-state index contributed by atoms with van der Waals surface area (Å²) in [6.45, 7) is -0.225. The first-order chi connectivity index (χ1) is 41.6. The Bertz CT molecular complexity index is 4890.